The number of rotatable bonds is 6. The molecule has 13 heavy (non-hydrogen) atoms. The average Bonchev–Trinajstić information content (AvgIpc) is 2.12. The third-order valence-electron chi connectivity index (χ3n) is 2.13. The van der Waals surface area contributed by atoms with Gasteiger partial charge in [0.15, 0.2) is 0 Å². The molecule has 0 saturated carbocycles. The molecule has 0 spiro atoms. The van der Waals surface area contributed by atoms with Gasteiger partial charge in [-0.1, -0.05) is 57.6 Å². The fourth-order valence-electron chi connectivity index (χ4n) is 1.44. The molecular formula is C13H22. The van der Waals surface area contributed by atoms with E-state index in [4.69, 9.17) is 0 Å². The van der Waals surface area contributed by atoms with Gasteiger partial charge < -0.3 is 0 Å². The van der Waals surface area contributed by atoms with Crippen LogP contribution in [-0.2, 0) is 0 Å². The van der Waals surface area contributed by atoms with Gasteiger partial charge in [-0.05, 0) is 24.8 Å². The summed E-state index contributed by atoms with van der Waals surface area (Å²) in [7, 11) is 0. The first-order valence-electron chi connectivity index (χ1n) is 5.18. The summed E-state index contributed by atoms with van der Waals surface area (Å²) in [5, 5.41) is 0. The zero-order valence-electron chi connectivity index (χ0n) is 9.22. The Labute approximate surface area is 83.0 Å². The van der Waals surface area contributed by atoms with Crippen LogP contribution in [0.3, 0.4) is 0 Å². The third kappa shape index (κ3) is 6.39. The molecule has 0 nitrogen and oxygen atoms in total. The minimum atomic E-state index is 0.777. The second kappa shape index (κ2) is 7.85. The first-order chi connectivity index (χ1) is 6.24. The molecule has 1 unspecified atom stereocenters. The van der Waals surface area contributed by atoms with Gasteiger partial charge in [-0.2, -0.15) is 0 Å². The molecule has 0 rings (SSSR count). The summed E-state index contributed by atoms with van der Waals surface area (Å²) in [6, 6.07) is 0. The summed E-state index contributed by atoms with van der Waals surface area (Å²) >= 11 is 0. The Morgan fingerprint density at radius 1 is 1.46 bits per heavy atom. The maximum absolute atomic E-state index is 3.82. The summed E-state index contributed by atoms with van der Waals surface area (Å²) in [5.41, 5.74) is 1.35. The van der Waals surface area contributed by atoms with Crippen molar-refractivity contribution in [2.45, 2.75) is 40.0 Å². The van der Waals surface area contributed by atoms with E-state index in [1.807, 2.05) is 19.1 Å². The second-order valence-corrected chi connectivity index (χ2v) is 3.57. The van der Waals surface area contributed by atoms with E-state index in [2.05, 4.69) is 32.6 Å². The van der Waals surface area contributed by atoms with Crippen molar-refractivity contribution < 1.29 is 0 Å². The zero-order valence-corrected chi connectivity index (χ0v) is 9.22. The molecule has 0 aromatic carbocycles. The molecular weight excluding hydrogens is 156 g/mol. The molecule has 0 amide bonds. The summed E-state index contributed by atoms with van der Waals surface area (Å²) in [4.78, 5) is 0. The van der Waals surface area contributed by atoms with Gasteiger partial charge in [0.1, 0.15) is 0 Å². The second-order valence-electron chi connectivity index (χ2n) is 3.57. The highest BCUT2D eigenvalue weighted by molar-refractivity contribution is 5.22. The Morgan fingerprint density at radius 3 is 2.62 bits per heavy atom. The Kier molecular flexibility index (Phi) is 7.38. The van der Waals surface area contributed by atoms with Crippen molar-refractivity contribution in [2.24, 2.45) is 5.92 Å². The first-order valence-corrected chi connectivity index (χ1v) is 5.18. The van der Waals surface area contributed by atoms with Crippen molar-refractivity contribution in [3.8, 4) is 0 Å². The van der Waals surface area contributed by atoms with Gasteiger partial charge >= 0.3 is 0 Å². The van der Waals surface area contributed by atoms with E-state index in [0.717, 1.165) is 12.3 Å². The predicted molar refractivity (Wildman–Crippen MR) is 61.8 cm³/mol. The minimum absolute atomic E-state index is 0.777. The molecule has 0 aliphatic rings. The molecule has 0 aromatic heterocycles. The predicted octanol–water partition coefficient (Wildman–Crippen LogP) is 4.50. The quantitative estimate of drug-likeness (QED) is 0.525. The van der Waals surface area contributed by atoms with Gasteiger partial charge in [0.2, 0.25) is 0 Å². The molecule has 74 valence electrons. The Hall–Kier alpha value is -0.780. The lowest BCUT2D eigenvalue weighted by atomic mass is 9.96. The van der Waals surface area contributed by atoms with Gasteiger partial charge in [0.05, 0.1) is 0 Å². The summed E-state index contributed by atoms with van der Waals surface area (Å²) in [6.07, 6.45) is 12.0. The third-order valence-corrected chi connectivity index (χ3v) is 2.13. The highest BCUT2D eigenvalue weighted by Gasteiger charge is 2.01. The topological polar surface area (TPSA) is 0 Å². The van der Waals surface area contributed by atoms with Gasteiger partial charge in [-0.25, -0.2) is 0 Å². The summed E-state index contributed by atoms with van der Waals surface area (Å²) in [6.45, 7) is 10.4. The van der Waals surface area contributed by atoms with Crippen LogP contribution < -0.4 is 0 Å². The fraction of sp³-hybridized carbons (Fsp3) is 0.538. The maximum Gasteiger partial charge on any atom is -0.0253 e. The molecule has 0 heteroatoms. The van der Waals surface area contributed by atoms with Gasteiger partial charge in [0.25, 0.3) is 0 Å². The van der Waals surface area contributed by atoms with Crippen molar-refractivity contribution in [1.29, 1.82) is 0 Å². The SMILES string of the molecule is C=C/C(=C\C=C/C)CC(C)CCC. The first kappa shape index (κ1) is 12.2. The van der Waals surface area contributed by atoms with E-state index in [0.29, 0.717) is 0 Å². The highest BCUT2D eigenvalue weighted by Crippen LogP contribution is 2.16. The van der Waals surface area contributed by atoms with Crippen molar-refractivity contribution in [1.82, 2.24) is 0 Å². The van der Waals surface area contributed by atoms with Gasteiger partial charge in [-0.3, -0.25) is 0 Å². The average molecular weight is 178 g/mol. The van der Waals surface area contributed by atoms with E-state index < -0.39 is 0 Å². The van der Waals surface area contributed by atoms with Crippen LogP contribution in [0.2, 0.25) is 0 Å². The van der Waals surface area contributed by atoms with Gasteiger partial charge in [0, 0.05) is 0 Å². The smallest absolute Gasteiger partial charge is 0.0253 e. The molecule has 0 heterocycles. The van der Waals surface area contributed by atoms with E-state index in [9.17, 15) is 0 Å². The van der Waals surface area contributed by atoms with E-state index in [1.165, 1.54) is 18.4 Å². The number of hydrogen-bond acceptors (Lipinski definition) is 0. The van der Waals surface area contributed by atoms with Crippen LogP contribution in [-0.4, -0.2) is 0 Å². The largest absolute Gasteiger partial charge is 0.0988 e. The standard InChI is InChI=1S/C13H22/c1-5-8-10-13(7-3)11-12(4)9-6-2/h5,7-8,10,12H,3,6,9,11H2,1-2,4H3/b8-5-,13-10+. The lowest BCUT2D eigenvalue weighted by molar-refractivity contribution is 0.524. The molecule has 0 N–H and O–H groups in total. The zero-order chi connectivity index (χ0) is 10.1. The Balaban J connectivity index is 4.04. The molecule has 1 atom stereocenters. The fourth-order valence-corrected chi connectivity index (χ4v) is 1.44. The summed E-state index contributed by atoms with van der Waals surface area (Å²) < 4.78 is 0. The van der Waals surface area contributed by atoms with Crippen molar-refractivity contribution in [3.63, 3.8) is 0 Å². The monoisotopic (exact) mass is 178 g/mol. The molecule has 0 saturated heterocycles. The Morgan fingerprint density at radius 2 is 2.15 bits per heavy atom. The van der Waals surface area contributed by atoms with Crippen molar-refractivity contribution >= 4 is 0 Å². The highest BCUT2D eigenvalue weighted by atomic mass is 14.1. The lowest BCUT2D eigenvalue weighted by Gasteiger charge is -2.09. The van der Waals surface area contributed by atoms with Crippen molar-refractivity contribution in [3.05, 3.63) is 36.5 Å². The molecule has 0 bridgehead atoms. The van der Waals surface area contributed by atoms with Crippen LogP contribution in [0.1, 0.15) is 40.0 Å². The van der Waals surface area contributed by atoms with Crippen LogP contribution in [0.5, 0.6) is 0 Å². The van der Waals surface area contributed by atoms with Crippen LogP contribution >= 0.6 is 0 Å². The summed E-state index contributed by atoms with van der Waals surface area (Å²) in [5.74, 6) is 0.777. The van der Waals surface area contributed by atoms with E-state index in [1.54, 1.807) is 0 Å². The van der Waals surface area contributed by atoms with Crippen LogP contribution in [0.25, 0.3) is 0 Å². The molecule has 0 aliphatic heterocycles. The molecule has 0 radical (unpaired) electrons. The van der Waals surface area contributed by atoms with Crippen molar-refractivity contribution in [2.75, 3.05) is 0 Å². The molecule has 0 fully saturated rings. The minimum Gasteiger partial charge on any atom is -0.0988 e. The lowest BCUT2D eigenvalue weighted by Crippen LogP contribution is -1.94. The van der Waals surface area contributed by atoms with E-state index in [-0.39, 0.29) is 0 Å². The van der Waals surface area contributed by atoms with Crippen LogP contribution in [0.4, 0.5) is 0 Å². The number of hydrogen-bond donors (Lipinski definition) is 0. The van der Waals surface area contributed by atoms with Crippen LogP contribution in [0.15, 0.2) is 36.5 Å². The van der Waals surface area contributed by atoms with Crippen LogP contribution in [0, 0.1) is 5.92 Å². The normalized spacial score (nSPS) is 14.8. The maximum atomic E-state index is 3.82. The van der Waals surface area contributed by atoms with Gasteiger partial charge in [-0.15, -0.1) is 0 Å². The number of allylic oxidation sites excluding steroid dienone is 5. The Bertz CT molecular complexity index is 184. The molecule has 0 aliphatic carbocycles. The van der Waals surface area contributed by atoms with E-state index >= 15 is 0 Å². The molecule has 0 aromatic rings.